The third-order valence-electron chi connectivity index (χ3n) is 3.90. The van der Waals surface area contributed by atoms with Crippen molar-refractivity contribution < 1.29 is 0 Å². The maximum absolute atomic E-state index is 4.55. The highest BCUT2D eigenvalue weighted by atomic mass is 14.9. The van der Waals surface area contributed by atoms with Crippen molar-refractivity contribution in [2.45, 2.75) is 59.5 Å². The molecule has 0 aliphatic heterocycles. The summed E-state index contributed by atoms with van der Waals surface area (Å²) < 4.78 is 0. The molecule has 2 nitrogen and oxygen atoms in total. The number of nitrogens with one attached hydrogen (secondary N) is 1. The Morgan fingerprint density at radius 2 is 2.11 bits per heavy atom. The molecule has 2 heteroatoms. The number of hydrogen-bond acceptors (Lipinski definition) is 2. The lowest BCUT2D eigenvalue weighted by Gasteiger charge is -2.39. The van der Waals surface area contributed by atoms with Gasteiger partial charge >= 0.3 is 0 Å². The van der Waals surface area contributed by atoms with E-state index < -0.39 is 0 Å². The van der Waals surface area contributed by atoms with E-state index in [0.29, 0.717) is 11.5 Å². The summed E-state index contributed by atoms with van der Waals surface area (Å²) in [5, 5.41) is 3.69. The van der Waals surface area contributed by atoms with Crippen molar-refractivity contribution in [2.24, 2.45) is 11.3 Å². The second-order valence-electron chi connectivity index (χ2n) is 6.76. The zero-order valence-corrected chi connectivity index (χ0v) is 12.2. The summed E-state index contributed by atoms with van der Waals surface area (Å²) in [6, 6.07) is 6.89. The highest BCUT2D eigenvalue weighted by Crippen LogP contribution is 2.38. The van der Waals surface area contributed by atoms with Gasteiger partial charge in [0.15, 0.2) is 0 Å². The van der Waals surface area contributed by atoms with Crippen LogP contribution in [-0.2, 0) is 6.54 Å². The minimum Gasteiger partial charge on any atom is -0.308 e. The first-order valence-electron chi connectivity index (χ1n) is 7.10. The van der Waals surface area contributed by atoms with Gasteiger partial charge in [0.2, 0.25) is 0 Å². The van der Waals surface area contributed by atoms with E-state index in [1.54, 1.807) is 0 Å². The molecule has 1 aromatic heterocycles. The minimum absolute atomic E-state index is 0.482. The van der Waals surface area contributed by atoms with Gasteiger partial charge in [0.25, 0.3) is 0 Å². The molecule has 0 spiro atoms. The fraction of sp³-hybridized carbons (Fsp3) is 0.688. The van der Waals surface area contributed by atoms with Crippen LogP contribution < -0.4 is 5.32 Å². The van der Waals surface area contributed by atoms with E-state index in [0.717, 1.165) is 23.9 Å². The molecule has 1 fully saturated rings. The normalized spacial score (nSPS) is 27.1. The number of hydrogen-bond donors (Lipinski definition) is 1. The van der Waals surface area contributed by atoms with E-state index in [1.165, 1.54) is 19.3 Å². The second-order valence-corrected chi connectivity index (χ2v) is 6.76. The Hall–Kier alpha value is -0.890. The zero-order chi connectivity index (χ0) is 13.2. The van der Waals surface area contributed by atoms with E-state index in [2.05, 4.69) is 56.2 Å². The van der Waals surface area contributed by atoms with Gasteiger partial charge in [-0.1, -0.05) is 26.8 Å². The Balaban J connectivity index is 1.90. The van der Waals surface area contributed by atoms with Crippen LogP contribution in [-0.4, -0.2) is 11.0 Å². The molecule has 0 bridgehead atoms. The van der Waals surface area contributed by atoms with Gasteiger partial charge < -0.3 is 5.32 Å². The van der Waals surface area contributed by atoms with Crippen LogP contribution in [0, 0.1) is 18.3 Å². The smallest absolute Gasteiger partial charge is 0.0544 e. The summed E-state index contributed by atoms with van der Waals surface area (Å²) >= 11 is 0. The number of nitrogens with zero attached hydrogens (tertiary/aromatic N) is 1. The van der Waals surface area contributed by atoms with E-state index in [-0.39, 0.29) is 0 Å². The average molecular weight is 246 g/mol. The van der Waals surface area contributed by atoms with E-state index in [9.17, 15) is 0 Å². The molecule has 100 valence electrons. The molecule has 1 aliphatic rings. The maximum Gasteiger partial charge on any atom is 0.0544 e. The molecular weight excluding hydrogens is 220 g/mol. The molecule has 0 saturated heterocycles. The minimum atomic E-state index is 0.482. The number of pyridine rings is 1. The van der Waals surface area contributed by atoms with Crippen LogP contribution in [0.5, 0.6) is 0 Å². The molecule has 0 radical (unpaired) electrons. The van der Waals surface area contributed by atoms with E-state index in [4.69, 9.17) is 0 Å². The van der Waals surface area contributed by atoms with Crippen molar-refractivity contribution >= 4 is 0 Å². The first kappa shape index (κ1) is 13.5. The van der Waals surface area contributed by atoms with Crippen LogP contribution in [0.1, 0.15) is 51.4 Å². The van der Waals surface area contributed by atoms with Gasteiger partial charge in [-0.15, -0.1) is 0 Å². The molecule has 0 aromatic carbocycles. The van der Waals surface area contributed by atoms with Crippen molar-refractivity contribution in [3.8, 4) is 0 Å². The summed E-state index contributed by atoms with van der Waals surface area (Å²) in [6.45, 7) is 10.1. The van der Waals surface area contributed by atoms with Crippen LogP contribution in [0.25, 0.3) is 0 Å². The monoisotopic (exact) mass is 246 g/mol. The van der Waals surface area contributed by atoms with Crippen molar-refractivity contribution in [2.75, 3.05) is 0 Å². The highest BCUT2D eigenvalue weighted by Gasteiger charge is 2.31. The molecule has 1 N–H and O–H groups in total. The third-order valence-corrected chi connectivity index (χ3v) is 3.90. The first-order valence-corrected chi connectivity index (χ1v) is 7.10. The number of aromatic nitrogens is 1. The van der Waals surface area contributed by atoms with Gasteiger partial charge in [-0.3, -0.25) is 4.98 Å². The van der Waals surface area contributed by atoms with Gasteiger partial charge in [0, 0.05) is 18.3 Å². The predicted octanol–water partition coefficient (Wildman–Crippen LogP) is 3.69. The summed E-state index contributed by atoms with van der Waals surface area (Å²) in [7, 11) is 0. The first-order chi connectivity index (χ1) is 8.44. The Labute approximate surface area is 111 Å². The predicted molar refractivity (Wildman–Crippen MR) is 76.4 cm³/mol. The van der Waals surface area contributed by atoms with Gasteiger partial charge in [-0.05, 0) is 49.7 Å². The van der Waals surface area contributed by atoms with Crippen molar-refractivity contribution in [1.82, 2.24) is 10.3 Å². The molecule has 2 rings (SSSR count). The van der Waals surface area contributed by atoms with Crippen LogP contribution in [0.15, 0.2) is 18.2 Å². The number of rotatable bonds is 3. The lowest BCUT2D eigenvalue weighted by Crippen LogP contribution is -2.39. The molecule has 1 heterocycles. The van der Waals surface area contributed by atoms with Crippen LogP contribution in [0.4, 0.5) is 0 Å². The summed E-state index contributed by atoms with van der Waals surface area (Å²) in [6.07, 6.45) is 3.94. The molecule has 0 amide bonds. The maximum atomic E-state index is 4.55. The van der Waals surface area contributed by atoms with Crippen molar-refractivity contribution in [1.29, 1.82) is 0 Å². The molecule has 18 heavy (non-hydrogen) atoms. The zero-order valence-electron chi connectivity index (χ0n) is 12.2. The largest absolute Gasteiger partial charge is 0.308 e. The van der Waals surface area contributed by atoms with Crippen molar-refractivity contribution in [3.63, 3.8) is 0 Å². The van der Waals surface area contributed by atoms with E-state index >= 15 is 0 Å². The lowest BCUT2D eigenvalue weighted by atomic mass is 9.70. The molecule has 2 unspecified atom stereocenters. The van der Waals surface area contributed by atoms with Gasteiger partial charge in [-0.25, -0.2) is 0 Å². The highest BCUT2D eigenvalue weighted by molar-refractivity contribution is 5.09. The average Bonchev–Trinajstić information content (AvgIpc) is 2.24. The fourth-order valence-electron chi connectivity index (χ4n) is 3.45. The SMILES string of the molecule is Cc1cccc(CNC2CC(C)CC(C)(C)C2)n1. The lowest BCUT2D eigenvalue weighted by molar-refractivity contribution is 0.150. The summed E-state index contributed by atoms with van der Waals surface area (Å²) in [5.41, 5.74) is 2.74. The van der Waals surface area contributed by atoms with Crippen LogP contribution in [0.3, 0.4) is 0 Å². The fourth-order valence-corrected chi connectivity index (χ4v) is 3.45. The molecule has 1 saturated carbocycles. The topological polar surface area (TPSA) is 24.9 Å². The summed E-state index contributed by atoms with van der Waals surface area (Å²) in [4.78, 5) is 4.55. The Bertz CT molecular complexity index is 398. The quantitative estimate of drug-likeness (QED) is 0.879. The molecule has 1 aliphatic carbocycles. The van der Waals surface area contributed by atoms with Gasteiger partial charge in [0.05, 0.1) is 5.69 Å². The molecule has 1 aromatic rings. The van der Waals surface area contributed by atoms with Gasteiger partial charge in [0.1, 0.15) is 0 Å². The Kier molecular flexibility index (Phi) is 4.06. The second kappa shape index (κ2) is 5.40. The third kappa shape index (κ3) is 3.81. The molecule has 2 atom stereocenters. The van der Waals surface area contributed by atoms with E-state index in [1.807, 2.05) is 0 Å². The standard InChI is InChI=1S/C16H26N2/c1-12-8-15(10-16(3,4)9-12)17-11-14-7-5-6-13(2)18-14/h5-7,12,15,17H,8-11H2,1-4H3. The number of aryl methyl sites for hydroxylation is 1. The Morgan fingerprint density at radius 1 is 1.33 bits per heavy atom. The molecular formula is C16H26N2. The van der Waals surface area contributed by atoms with Gasteiger partial charge in [-0.2, -0.15) is 0 Å². The van der Waals surface area contributed by atoms with Crippen molar-refractivity contribution in [3.05, 3.63) is 29.6 Å². The van der Waals surface area contributed by atoms with Crippen LogP contribution >= 0.6 is 0 Å². The Morgan fingerprint density at radius 3 is 2.78 bits per heavy atom. The van der Waals surface area contributed by atoms with Crippen LogP contribution in [0.2, 0.25) is 0 Å². The summed E-state index contributed by atoms with van der Waals surface area (Å²) in [5.74, 6) is 0.830.